The number of nitrogens with one attached hydrogen (secondary N) is 1. The second-order valence-corrected chi connectivity index (χ2v) is 3.44. The molecule has 3 nitrogen and oxygen atoms in total. The van der Waals surface area contributed by atoms with Crippen molar-refractivity contribution in [1.29, 1.82) is 0 Å². The maximum atomic E-state index is 11.1. The van der Waals surface area contributed by atoms with Crippen LogP contribution in [0.5, 0.6) is 0 Å². The van der Waals surface area contributed by atoms with Crippen molar-refractivity contribution in [2.75, 3.05) is 0 Å². The highest BCUT2D eigenvalue weighted by Crippen LogP contribution is 2.18. The van der Waals surface area contributed by atoms with E-state index in [-0.39, 0.29) is 5.91 Å². The lowest BCUT2D eigenvalue weighted by Gasteiger charge is -2.09. The van der Waals surface area contributed by atoms with Gasteiger partial charge in [0, 0.05) is 6.04 Å². The average Bonchev–Trinajstić information content (AvgIpc) is 2.83. The van der Waals surface area contributed by atoms with Crippen LogP contribution in [0.3, 0.4) is 0 Å². The maximum absolute atomic E-state index is 11.1. The maximum Gasteiger partial charge on any atom is 0.249 e. The number of amides is 1. The number of carbonyl (C=O) groups excluding carboxylic acids is 1. The topological polar surface area (TPSA) is 49.3 Å². The van der Waals surface area contributed by atoms with Gasteiger partial charge >= 0.3 is 0 Å². The molecule has 0 heterocycles. The van der Waals surface area contributed by atoms with Gasteiger partial charge in [0.2, 0.25) is 5.91 Å². The van der Waals surface area contributed by atoms with Crippen molar-refractivity contribution in [3.05, 3.63) is 0 Å². The van der Waals surface area contributed by atoms with Gasteiger partial charge in [-0.15, -0.1) is 0 Å². The fourth-order valence-electron chi connectivity index (χ4n) is 1.05. The first-order valence-corrected chi connectivity index (χ1v) is 4.72. The number of hydrogen-bond donors (Lipinski definition) is 2. The molecule has 0 unspecified atom stereocenters. The van der Waals surface area contributed by atoms with Gasteiger partial charge in [-0.3, -0.25) is 4.79 Å². The van der Waals surface area contributed by atoms with E-state index in [1.807, 2.05) is 6.92 Å². The zero-order chi connectivity index (χ0) is 8.97. The molecule has 1 aliphatic rings. The van der Waals surface area contributed by atoms with Crippen LogP contribution < -0.4 is 5.32 Å². The van der Waals surface area contributed by atoms with Gasteiger partial charge < -0.3 is 10.4 Å². The Morgan fingerprint density at radius 3 is 2.83 bits per heavy atom. The molecule has 0 aromatic rings. The summed E-state index contributed by atoms with van der Waals surface area (Å²) in [5.41, 5.74) is 0. The Bertz CT molecular complexity index is 155. The number of aliphatic hydroxyl groups excluding tert-OH is 1. The molecule has 0 aliphatic heterocycles. The predicted octanol–water partition coefficient (Wildman–Crippen LogP) is 0.816. The van der Waals surface area contributed by atoms with Crippen LogP contribution in [0.1, 0.15) is 39.0 Å². The zero-order valence-corrected chi connectivity index (χ0v) is 7.55. The van der Waals surface area contributed by atoms with Crippen LogP contribution in [0.2, 0.25) is 0 Å². The van der Waals surface area contributed by atoms with Crippen molar-refractivity contribution in [1.82, 2.24) is 5.32 Å². The monoisotopic (exact) mass is 171 g/mol. The highest BCUT2D eigenvalue weighted by Gasteiger charge is 2.25. The molecule has 0 spiro atoms. The Hall–Kier alpha value is -0.570. The number of carbonyl (C=O) groups is 1. The summed E-state index contributed by atoms with van der Waals surface area (Å²) in [6.07, 6.45) is 3.89. The van der Waals surface area contributed by atoms with Crippen molar-refractivity contribution >= 4 is 5.91 Å². The summed E-state index contributed by atoms with van der Waals surface area (Å²) in [6, 6.07) is 0.355. The Morgan fingerprint density at radius 1 is 1.67 bits per heavy atom. The Balaban J connectivity index is 2.11. The lowest BCUT2D eigenvalue weighted by molar-refractivity contribution is -0.129. The van der Waals surface area contributed by atoms with Crippen LogP contribution in [0.25, 0.3) is 0 Å². The summed E-state index contributed by atoms with van der Waals surface area (Å²) in [7, 11) is 0. The molecule has 70 valence electrons. The molecule has 1 amide bonds. The van der Waals surface area contributed by atoms with E-state index in [1.165, 1.54) is 0 Å². The minimum absolute atomic E-state index is 0.189. The quantitative estimate of drug-likeness (QED) is 0.643. The standard InChI is InChI=1S/C9H17NO2/c1-2-3-4-8(11)9(12)10-7-5-6-7/h7-8,11H,2-6H2,1H3,(H,10,12)/t8-/m0/s1. The van der Waals surface area contributed by atoms with Crippen molar-refractivity contribution in [3.63, 3.8) is 0 Å². The molecule has 0 bridgehead atoms. The fourth-order valence-corrected chi connectivity index (χ4v) is 1.05. The summed E-state index contributed by atoms with van der Waals surface area (Å²) in [5, 5.41) is 12.1. The SMILES string of the molecule is CCCC[C@H](O)C(=O)NC1CC1. The molecule has 1 saturated carbocycles. The number of hydrogen-bond acceptors (Lipinski definition) is 2. The van der Waals surface area contributed by atoms with Crippen LogP contribution >= 0.6 is 0 Å². The van der Waals surface area contributed by atoms with E-state index in [1.54, 1.807) is 0 Å². The predicted molar refractivity (Wildman–Crippen MR) is 46.7 cm³/mol. The molecule has 0 radical (unpaired) electrons. The third-order valence-corrected chi connectivity index (χ3v) is 2.06. The molecule has 2 N–H and O–H groups in total. The minimum atomic E-state index is -0.787. The number of rotatable bonds is 5. The van der Waals surface area contributed by atoms with E-state index in [4.69, 9.17) is 0 Å². The molecule has 1 aliphatic carbocycles. The lowest BCUT2D eigenvalue weighted by atomic mass is 10.1. The van der Waals surface area contributed by atoms with E-state index < -0.39 is 6.10 Å². The zero-order valence-electron chi connectivity index (χ0n) is 7.55. The molecule has 3 heteroatoms. The smallest absolute Gasteiger partial charge is 0.249 e. The van der Waals surface area contributed by atoms with Crippen molar-refractivity contribution in [2.45, 2.75) is 51.2 Å². The molecular formula is C9H17NO2. The lowest BCUT2D eigenvalue weighted by Crippen LogP contribution is -2.35. The second kappa shape index (κ2) is 4.45. The molecule has 1 fully saturated rings. The van der Waals surface area contributed by atoms with Crippen LogP contribution in [0.4, 0.5) is 0 Å². The minimum Gasteiger partial charge on any atom is -0.383 e. The second-order valence-electron chi connectivity index (χ2n) is 3.44. The molecule has 1 atom stereocenters. The summed E-state index contributed by atoms with van der Waals surface area (Å²) >= 11 is 0. The Morgan fingerprint density at radius 2 is 2.33 bits per heavy atom. The van der Waals surface area contributed by atoms with E-state index >= 15 is 0 Å². The van der Waals surface area contributed by atoms with Crippen molar-refractivity contribution < 1.29 is 9.90 Å². The van der Waals surface area contributed by atoms with Gasteiger partial charge in [0.1, 0.15) is 6.10 Å². The third-order valence-electron chi connectivity index (χ3n) is 2.06. The van der Waals surface area contributed by atoms with Crippen LogP contribution in [0.15, 0.2) is 0 Å². The van der Waals surface area contributed by atoms with Crippen molar-refractivity contribution in [3.8, 4) is 0 Å². The summed E-state index contributed by atoms with van der Waals surface area (Å²) in [4.78, 5) is 11.1. The molecule has 12 heavy (non-hydrogen) atoms. The van der Waals surface area contributed by atoms with E-state index in [0.29, 0.717) is 12.5 Å². The molecule has 1 rings (SSSR count). The number of unbranched alkanes of at least 4 members (excludes halogenated alkanes) is 1. The van der Waals surface area contributed by atoms with Gasteiger partial charge in [-0.25, -0.2) is 0 Å². The summed E-state index contributed by atoms with van der Waals surface area (Å²) < 4.78 is 0. The van der Waals surface area contributed by atoms with Crippen LogP contribution in [0, 0.1) is 0 Å². The normalized spacial score (nSPS) is 18.8. The van der Waals surface area contributed by atoms with Gasteiger partial charge in [-0.2, -0.15) is 0 Å². The van der Waals surface area contributed by atoms with Gasteiger partial charge in [-0.05, 0) is 19.3 Å². The number of aliphatic hydroxyl groups is 1. The Labute approximate surface area is 73.2 Å². The van der Waals surface area contributed by atoms with E-state index in [9.17, 15) is 9.90 Å². The first-order chi connectivity index (χ1) is 5.74. The van der Waals surface area contributed by atoms with E-state index in [0.717, 1.165) is 25.7 Å². The molecule has 0 aromatic heterocycles. The van der Waals surface area contributed by atoms with Crippen LogP contribution in [-0.4, -0.2) is 23.2 Å². The van der Waals surface area contributed by atoms with Crippen molar-refractivity contribution in [2.24, 2.45) is 0 Å². The largest absolute Gasteiger partial charge is 0.383 e. The van der Waals surface area contributed by atoms with Crippen LogP contribution in [-0.2, 0) is 4.79 Å². The summed E-state index contributed by atoms with van der Waals surface area (Å²) in [5.74, 6) is -0.189. The molecule has 0 saturated heterocycles. The van der Waals surface area contributed by atoms with E-state index in [2.05, 4.69) is 5.32 Å². The van der Waals surface area contributed by atoms with Gasteiger partial charge in [0.05, 0.1) is 0 Å². The van der Waals surface area contributed by atoms with Gasteiger partial charge in [-0.1, -0.05) is 19.8 Å². The average molecular weight is 171 g/mol. The molecule has 0 aromatic carbocycles. The van der Waals surface area contributed by atoms with Gasteiger partial charge in [0.25, 0.3) is 0 Å². The highest BCUT2D eigenvalue weighted by atomic mass is 16.3. The third kappa shape index (κ3) is 3.22. The van der Waals surface area contributed by atoms with Gasteiger partial charge in [0.15, 0.2) is 0 Å². The first-order valence-electron chi connectivity index (χ1n) is 4.72. The molecular weight excluding hydrogens is 154 g/mol. The first kappa shape index (κ1) is 9.52. The fraction of sp³-hybridized carbons (Fsp3) is 0.889. The Kier molecular flexibility index (Phi) is 3.53. The highest BCUT2D eigenvalue weighted by molar-refractivity contribution is 5.80. The summed E-state index contributed by atoms with van der Waals surface area (Å²) in [6.45, 7) is 2.05.